The topological polar surface area (TPSA) is 44.9 Å². The van der Waals surface area contributed by atoms with Crippen molar-refractivity contribution in [3.63, 3.8) is 0 Å². The predicted octanol–water partition coefficient (Wildman–Crippen LogP) is 5.65. The number of benzene rings is 1. The summed E-state index contributed by atoms with van der Waals surface area (Å²) < 4.78 is 0. The molecule has 0 aliphatic carbocycles. The minimum Gasteiger partial charge on any atom is -0.355 e. The number of likely N-dealkylation sites (tertiary alicyclic amines) is 1. The van der Waals surface area contributed by atoms with Gasteiger partial charge in [0, 0.05) is 42.1 Å². The van der Waals surface area contributed by atoms with E-state index in [9.17, 15) is 0 Å². The smallest absolute Gasteiger partial charge is 0.152 e. The number of amidine groups is 1. The third-order valence-corrected chi connectivity index (χ3v) is 6.70. The summed E-state index contributed by atoms with van der Waals surface area (Å²) in [6.45, 7) is 13.5. The molecule has 0 bridgehead atoms. The van der Waals surface area contributed by atoms with Crippen molar-refractivity contribution in [2.45, 2.75) is 71.9 Å². The highest BCUT2D eigenvalue weighted by Crippen LogP contribution is 2.33. The summed E-state index contributed by atoms with van der Waals surface area (Å²) in [7, 11) is 0. The molecule has 2 N–H and O–H groups in total. The molecule has 0 aromatic heterocycles. The lowest BCUT2D eigenvalue weighted by atomic mass is 9.90. The lowest BCUT2D eigenvalue weighted by molar-refractivity contribution is 0.240. The summed E-state index contributed by atoms with van der Waals surface area (Å²) in [5.74, 6) is 1.49. The number of piperidine rings is 1. The molecule has 1 saturated heterocycles. The molecule has 1 aromatic rings. The molecule has 0 radical (unpaired) electrons. The van der Waals surface area contributed by atoms with Crippen LogP contribution < -0.4 is 5.73 Å². The second-order valence-electron chi connectivity index (χ2n) is 8.75. The second kappa shape index (κ2) is 8.93. The van der Waals surface area contributed by atoms with Crippen molar-refractivity contribution in [1.29, 1.82) is 0 Å². The van der Waals surface area contributed by atoms with Crippen LogP contribution in [-0.4, -0.2) is 34.3 Å². The first kappa shape index (κ1) is 21.9. The van der Waals surface area contributed by atoms with Gasteiger partial charge in [0.15, 0.2) is 5.84 Å². The number of allylic oxidation sites excluding steroid dienone is 2. The maximum atomic E-state index is 6.61. The highest BCUT2D eigenvalue weighted by molar-refractivity contribution is 6.31. The van der Waals surface area contributed by atoms with Gasteiger partial charge in [0.25, 0.3) is 0 Å². The van der Waals surface area contributed by atoms with E-state index in [2.05, 4.69) is 62.6 Å². The van der Waals surface area contributed by atoms with Crippen molar-refractivity contribution in [3.8, 4) is 0 Å². The van der Waals surface area contributed by atoms with E-state index >= 15 is 0 Å². The van der Waals surface area contributed by atoms with Crippen molar-refractivity contribution >= 4 is 17.4 Å². The minimum absolute atomic E-state index is 0.0702. The van der Waals surface area contributed by atoms with Gasteiger partial charge >= 0.3 is 0 Å². The molecule has 2 heterocycles. The average molecular weight is 415 g/mol. The molecule has 1 atom stereocenters. The van der Waals surface area contributed by atoms with Gasteiger partial charge in [0.1, 0.15) is 0 Å². The van der Waals surface area contributed by atoms with E-state index in [0.717, 1.165) is 55.5 Å². The summed E-state index contributed by atoms with van der Waals surface area (Å²) in [6.07, 6.45) is 7.21. The third-order valence-electron chi connectivity index (χ3n) is 6.37. The largest absolute Gasteiger partial charge is 0.355 e. The zero-order valence-electron chi connectivity index (χ0n) is 18.5. The van der Waals surface area contributed by atoms with Crippen molar-refractivity contribution in [2.75, 3.05) is 13.1 Å². The normalized spacial score (nSPS) is 21.8. The zero-order chi connectivity index (χ0) is 21.2. The molecule has 5 heteroatoms. The fraction of sp³-hybridized carbons (Fsp3) is 0.542. The maximum absolute atomic E-state index is 6.61. The van der Waals surface area contributed by atoms with Crippen molar-refractivity contribution < 1.29 is 0 Å². The zero-order valence-corrected chi connectivity index (χ0v) is 19.3. The van der Waals surface area contributed by atoms with E-state index in [-0.39, 0.29) is 5.54 Å². The molecule has 1 fully saturated rings. The molecule has 29 heavy (non-hydrogen) atoms. The van der Waals surface area contributed by atoms with Crippen LogP contribution in [0.25, 0.3) is 0 Å². The summed E-state index contributed by atoms with van der Waals surface area (Å²) in [4.78, 5) is 9.57. The predicted molar refractivity (Wildman–Crippen MR) is 124 cm³/mol. The van der Waals surface area contributed by atoms with Gasteiger partial charge in [0.05, 0.1) is 5.70 Å². The van der Waals surface area contributed by atoms with Crippen molar-refractivity contribution in [2.24, 2.45) is 10.7 Å². The molecule has 0 amide bonds. The number of rotatable bonds is 4. The Labute approximate surface area is 181 Å². The van der Waals surface area contributed by atoms with Gasteiger partial charge in [-0.15, -0.1) is 0 Å². The Hall–Kier alpha value is -1.78. The van der Waals surface area contributed by atoms with Gasteiger partial charge in [-0.2, -0.15) is 0 Å². The van der Waals surface area contributed by atoms with Gasteiger partial charge in [-0.3, -0.25) is 0 Å². The Morgan fingerprint density at radius 3 is 2.62 bits per heavy atom. The molecule has 4 nitrogen and oxygen atoms in total. The Morgan fingerprint density at radius 2 is 2.00 bits per heavy atom. The summed E-state index contributed by atoms with van der Waals surface area (Å²) >= 11 is 6.61. The van der Waals surface area contributed by atoms with Crippen LogP contribution in [0.5, 0.6) is 0 Å². The summed E-state index contributed by atoms with van der Waals surface area (Å²) in [5.41, 5.74) is 11.1. The SMILES string of the molecule is C/C=C1/C(N2CCC(C)(N)CC2)=NC=C(C)N1Cc1cccc(Cl)c1C(C)CC. The number of hydrogen-bond acceptors (Lipinski definition) is 4. The van der Waals surface area contributed by atoms with Gasteiger partial charge in [0.2, 0.25) is 0 Å². The van der Waals surface area contributed by atoms with Crippen LogP contribution in [0.15, 0.2) is 46.9 Å². The molecular weight excluding hydrogens is 380 g/mol. The van der Waals surface area contributed by atoms with E-state index in [1.165, 1.54) is 16.8 Å². The number of hydrogen-bond donors (Lipinski definition) is 1. The fourth-order valence-corrected chi connectivity index (χ4v) is 4.60. The standard InChI is InChI=1S/C24H35ClN4/c1-6-17(3)22-19(9-8-10-20(22)25)16-29-18(4)15-27-23(21(29)7-2)28-13-11-24(5,26)12-14-28/h7-10,15,17H,6,11-14,16,26H2,1-5H3/b21-7-. The van der Waals surface area contributed by atoms with E-state index in [4.69, 9.17) is 22.3 Å². The monoisotopic (exact) mass is 414 g/mol. The quantitative estimate of drug-likeness (QED) is 0.692. The maximum Gasteiger partial charge on any atom is 0.152 e. The Bertz CT molecular complexity index is 827. The van der Waals surface area contributed by atoms with Crippen LogP contribution in [0.3, 0.4) is 0 Å². The molecular formula is C24H35ClN4. The first-order chi connectivity index (χ1) is 13.8. The molecule has 1 unspecified atom stereocenters. The van der Waals surface area contributed by atoms with Crippen molar-refractivity contribution in [3.05, 3.63) is 58.0 Å². The molecule has 2 aliphatic heterocycles. The number of nitrogens with zero attached hydrogens (tertiary/aromatic N) is 3. The fourth-order valence-electron chi connectivity index (χ4n) is 4.21. The first-order valence-electron chi connectivity index (χ1n) is 10.8. The molecule has 2 aliphatic rings. The highest BCUT2D eigenvalue weighted by Gasteiger charge is 2.31. The summed E-state index contributed by atoms with van der Waals surface area (Å²) in [6, 6.07) is 6.27. The van der Waals surface area contributed by atoms with E-state index in [1.54, 1.807) is 0 Å². The van der Waals surface area contributed by atoms with E-state index < -0.39 is 0 Å². The lowest BCUT2D eigenvalue weighted by Gasteiger charge is -2.42. The van der Waals surface area contributed by atoms with Crippen molar-refractivity contribution in [1.82, 2.24) is 9.80 Å². The lowest BCUT2D eigenvalue weighted by Crippen LogP contribution is -2.51. The molecule has 3 rings (SSSR count). The molecule has 0 saturated carbocycles. The first-order valence-corrected chi connectivity index (χ1v) is 11.1. The van der Waals surface area contributed by atoms with Crippen LogP contribution in [0, 0.1) is 0 Å². The average Bonchev–Trinajstić information content (AvgIpc) is 2.69. The van der Waals surface area contributed by atoms with Crippen LogP contribution in [0.4, 0.5) is 0 Å². The van der Waals surface area contributed by atoms with Crippen LogP contribution in [-0.2, 0) is 6.54 Å². The summed E-state index contributed by atoms with van der Waals surface area (Å²) in [5, 5.41) is 0.865. The highest BCUT2D eigenvalue weighted by atomic mass is 35.5. The Kier molecular flexibility index (Phi) is 6.75. The Balaban J connectivity index is 1.89. The number of nitrogens with two attached hydrogens (primary N) is 1. The minimum atomic E-state index is -0.0702. The van der Waals surface area contributed by atoms with Crippen LogP contribution >= 0.6 is 11.6 Å². The van der Waals surface area contributed by atoms with Gasteiger partial charge in [-0.05, 0) is 63.1 Å². The van der Waals surface area contributed by atoms with Gasteiger partial charge < -0.3 is 15.5 Å². The third kappa shape index (κ3) is 4.70. The van der Waals surface area contributed by atoms with E-state index in [0.29, 0.717) is 5.92 Å². The Morgan fingerprint density at radius 1 is 1.31 bits per heavy atom. The van der Waals surface area contributed by atoms with Crippen LogP contribution in [0.2, 0.25) is 5.02 Å². The van der Waals surface area contributed by atoms with Gasteiger partial charge in [-0.1, -0.05) is 43.7 Å². The second-order valence-corrected chi connectivity index (χ2v) is 9.15. The molecule has 1 aromatic carbocycles. The van der Waals surface area contributed by atoms with Crippen LogP contribution in [0.1, 0.15) is 70.9 Å². The van der Waals surface area contributed by atoms with Gasteiger partial charge in [-0.25, -0.2) is 4.99 Å². The molecule has 0 spiro atoms. The molecule has 158 valence electrons. The van der Waals surface area contributed by atoms with E-state index in [1.807, 2.05) is 12.3 Å². The number of halogens is 1. The number of aliphatic imine (C=N–C) groups is 1.